The van der Waals surface area contributed by atoms with Crippen LogP contribution in [-0.4, -0.2) is 12.7 Å². The predicted octanol–water partition coefficient (Wildman–Crippen LogP) is 8.97. The van der Waals surface area contributed by atoms with E-state index in [0.717, 1.165) is 35.6 Å². The third-order valence-electron chi connectivity index (χ3n) is 6.19. The van der Waals surface area contributed by atoms with E-state index >= 15 is 0 Å². The molecular weight excluding hydrogens is 452 g/mol. The Bertz CT molecular complexity index is 1150. The SMILES string of the molecule is C(=Nc1ccccc1)Nc1cccc(CCCCCCCc2cccc(NC=Nc3ccccc3)c2)c1. The molecule has 0 aromatic heterocycles. The largest absolute Gasteiger partial charge is 0.346 e. The van der Waals surface area contributed by atoms with Crippen LogP contribution in [0.15, 0.2) is 119 Å². The fourth-order valence-corrected chi connectivity index (χ4v) is 4.21. The highest BCUT2D eigenvalue weighted by Gasteiger charge is 1.99. The van der Waals surface area contributed by atoms with Gasteiger partial charge in [-0.3, -0.25) is 0 Å². The smallest absolute Gasteiger partial charge is 0.0930 e. The summed E-state index contributed by atoms with van der Waals surface area (Å²) in [4.78, 5) is 8.88. The Balaban J connectivity index is 1.10. The molecule has 0 aliphatic heterocycles. The summed E-state index contributed by atoms with van der Waals surface area (Å²) in [5.41, 5.74) is 6.81. The molecule has 0 spiro atoms. The van der Waals surface area contributed by atoms with E-state index in [2.05, 4.69) is 69.1 Å². The van der Waals surface area contributed by atoms with Gasteiger partial charge in [0.15, 0.2) is 0 Å². The lowest BCUT2D eigenvalue weighted by molar-refractivity contribution is 0.613. The molecule has 0 aliphatic carbocycles. The highest BCUT2D eigenvalue weighted by molar-refractivity contribution is 5.78. The second-order valence-corrected chi connectivity index (χ2v) is 9.14. The number of unbranched alkanes of at least 4 members (excludes halogenated alkanes) is 4. The summed E-state index contributed by atoms with van der Waals surface area (Å²) in [7, 11) is 0. The van der Waals surface area contributed by atoms with Gasteiger partial charge in [-0.15, -0.1) is 0 Å². The lowest BCUT2D eigenvalue weighted by Crippen LogP contribution is -1.96. The van der Waals surface area contributed by atoms with Gasteiger partial charge in [-0.05, 0) is 85.3 Å². The summed E-state index contributed by atoms with van der Waals surface area (Å²) in [6, 6.07) is 37.2. The summed E-state index contributed by atoms with van der Waals surface area (Å²) >= 11 is 0. The van der Waals surface area contributed by atoms with Crippen molar-refractivity contribution in [3.8, 4) is 0 Å². The van der Waals surface area contributed by atoms with Crippen LogP contribution in [0.5, 0.6) is 0 Å². The second kappa shape index (κ2) is 15.0. The van der Waals surface area contributed by atoms with Crippen molar-refractivity contribution in [2.75, 3.05) is 10.6 Å². The molecular formula is C33H36N4. The van der Waals surface area contributed by atoms with Crippen molar-refractivity contribution in [3.63, 3.8) is 0 Å². The first-order valence-electron chi connectivity index (χ1n) is 13.2. The summed E-state index contributed by atoms with van der Waals surface area (Å²) < 4.78 is 0. The van der Waals surface area contributed by atoms with Gasteiger partial charge in [0.1, 0.15) is 0 Å². The molecule has 0 heterocycles. The minimum Gasteiger partial charge on any atom is -0.346 e. The van der Waals surface area contributed by atoms with Crippen molar-refractivity contribution in [2.24, 2.45) is 9.98 Å². The highest BCUT2D eigenvalue weighted by atomic mass is 14.9. The number of nitrogens with zero attached hydrogens (tertiary/aromatic N) is 2. The van der Waals surface area contributed by atoms with Crippen molar-refractivity contribution in [1.82, 2.24) is 0 Å². The van der Waals surface area contributed by atoms with E-state index < -0.39 is 0 Å². The van der Waals surface area contributed by atoms with Crippen molar-refractivity contribution in [2.45, 2.75) is 44.9 Å². The van der Waals surface area contributed by atoms with Gasteiger partial charge in [0.2, 0.25) is 0 Å². The van der Waals surface area contributed by atoms with E-state index in [-0.39, 0.29) is 0 Å². The molecule has 0 aliphatic rings. The number of aliphatic imine (C=N–C) groups is 2. The van der Waals surface area contributed by atoms with Gasteiger partial charge in [-0.25, -0.2) is 9.98 Å². The second-order valence-electron chi connectivity index (χ2n) is 9.14. The van der Waals surface area contributed by atoms with E-state index in [9.17, 15) is 0 Å². The maximum absolute atomic E-state index is 4.44. The maximum Gasteiger partial charge on any atom is 0.0930 e. The molecule has 0 fully saturated rings. The fraction of sp³-hybridized carbons (Fsp3) is 0.212. The molecule has 0 atom stereocenters. The number of aryl methyl sites for hydroxylation is 2. The summed E-state index contributed by atoms with van der Waals surface area (Å²) in [5.74, 6) is 0. The first-order valence-corrected chi connectivity index (χ1v) is 13.2. The highest BCUT2D eigenvalue weighted by Crippen LogP contribution is 2.17. The zero-order valence-corrected chi connectivity index (χ0v) is 21.4. The molecule has 2 N–H and O–H groups in total. The molecule has 4 heteroatoms. The third kappa shape index (κ3) is 9.77. The summed E-state index contributed by atoms with van der Waals surface area (Å²) in [6.45, 7) is 0. The molecule has 0 unspecified atom stereocenters. The molecule has 37 heavy (non-hydrogen) atoms. The quantitative estimate of drug-likeness (QED) is 0.106. The Morgan fingerprint density at radius 2 is 0.892 bits per heavy atom. The average Bonchev–Trinajstić information content (AvgIpc) is 2.94. The van der Waals surface area contributed by atoms with Gasteiger partial charge in [0.05, 0.1) is 24.1 Å². The standard InChI is InChI=1S/C33H36N4/c1(2-6-14-28-16-12-22-32(24-28)36-26-34-30-18-8-4-9-19-30)3-7-15-29-17-13-23-33(25-29)37-27-35-31-20-10-5-11-21-31/h4-5,8-13,16-27H,1-3,6-7,14-15H2,(H,34,36)(H,35,37). The Kier molecular flexibility index (Phi) is 10.5. The van der Waals surface area contributed by atoms with Crippen molar-refractivity contribution >= 4 is 35.4 Å². The van der Waals surface area contributed by atoms with Gasteiger partial charge >= 0.3 is 0 Å². The Morgan fingerprint density at radius 3 is 1.35 bits per heavy atom. The Labute approximate surface area is 221 Å². The normalized spacial score (nSPS) is 11.2. The van der Waals surface area contributed by atoms with E-state index in [1.54, 1.807) is 12.7 Å². The van der Waals surface area contributed by atoms with Crippen LogP contribution in [0.25, 0.3) is 0 Å². The number of benzene rings is 4. The molecule has 0 radical (unpaired) electrons. The zero-order chi connectivity index (χ0) is 25.4. The van der Waals surface area contributed by atoms with Gasteiger partial charge in [0, 0.05) is 11.4 Å². The Hall–Kier alpha value is -4.18. The van der Waals surface area contributed by atoms with Crippen LogP contribution in [0.2, 0.25) is 0 Å². The molecule has 4 aromatic carbocycles. The van der Waals surface area contributed by atoms with Crippen LogP contribution in [0.3, 0.4) is 0 Å². The molecule has 0 bridgehead atoms. The fourth-order valence-electron chi connectivity index (χ4n) is 4.21. The minimum atomic E-state index is 0.948. The number of rotatable bonds is 14. The van der Waals surface area contributed by atoms with Crippen LogP contribution in [0.1, 0.15) is 43.2 Å². The average molecular weight is 489 g/mol. The molecule has 0 amide bonds. The number of nitrogens with one attached hydrogen (secondary N) is 2. The van der Waals surface area contributed by atoms with Crippen LogP contribution in [0.4, 0.5) is 22.7 Å². The monoisotopic (exact) mass is 488 g/mol. The van der Waals surface area contributed by atoms with Crippen molar-refractivity contribution < 1.29 is 0 Å². The van der Waals surface area contributed by atoms with Gasteiger partial charge in [-0.1, -0.05) is 79.9 Å². The molecule has 188 valence electrons. The summed E-state index contributed by atoms with van der Waals surface area (Å²) in [5, 5.41) is 6.57. The summed E-state index contributed by atoms with van der Waals surface area (Å²) in [6.07, 6.45) is 12.0. The number of para-hydroxylation sites is 2. The van der Waals surface area contributed by atoms with Crippen LogP contribution in [-0.2, 0) is 12.8 Å². The number of anilines is 2. The molecule has 4 aromatic rings. The predicted molar refractivity (Wildman–Crippen MR) is 160 cm³/mol. The zero-order valence-electron chi connectivity index (χ0n) is 21.4. The van der Waals surface area contributed by atoms with Crippen LogP contribution >= 0.6 is 0 Å². The lowest BCUT2D eigenvalue weighted by Gasteiger charge is -2.07. The number of hydrogen-bond donors (Lipinski definition) is 2. The molecule has 4 nitrogen and oxygen atoms in total. The minimum absolute atomic E-state index is 0.948. The van der Waals surface area contributed by atoms with E-state index in [4.69, 9.17) is 0 Å². The first-order chi connectivity index (χ1) is 18.3. The maximum atomic E-state index is 4.44. The van der Waals surface area contributed by atoms with E-state index in [0.29, 0.717) is 0 Å². The van der Waals surface area contributed by atoms with Gasteiger partial charge in [-0.2, -0.15) is 0 Å². The topological polar surface area (TPSA) is 48.8 Å². The van der Waals surface area contributed by atoms with Crippen LogP contribution in [0, 0.1) is 0 Å². The van der Waals surface area contributed by atoms with Crippen molar-refractivity contribution in [1.29, 1.82) is 0 Å². The van der Waals surface area contributed by atoms with Gasteiger partial charge < -0.3 is 10.6 Å². The molecule has 0 saturated heterocycles. The first kappa shape index (κ1) is 25.9. The van der Waals surface area contributed by atoms with Crippen molar-refractivity contribution in [3.05, 3.63) is 120 Å². The third-order valence-corrected chi connectivity index (χ3v) is 6.19. The Morgan fingerprint density at radius 1 is 0.459 bits per heavy atom. The van der Waals surface area contributed by atoms with E-state index in [1.165, 1.54) is 43.2 Å². The number of hydrogen-bond acceptors (Lipinski definition) is 2. The van der Waals surface area contributed by atoms with E-state index in [1.807, 2.05) is 60.7 Å². The lowest BCUT2D eigenvalue weighted by atomic mass is 10.0. The van der Waals surface area contributed by atoms with Gasteiger partial charge in [0.25, 0.3) is 0 Å². The molecule has 0 saturated carbocycles. The molecule has 4 rings (SSSR count). The van der Waals surface area contributed by atoms with Crippen LogP contribution < -0.4 is 10.6 Å².